The Labute approximate surface area is 144 Å². The van der Waals surface area contributed by atoms with Gasteiger partial charge >= 0.3 is 0 Å². The number of nitrogens with two attached hydrogens (primary N) is 2. The maximum atomic E-state index is 6.04. The van der Waals surface area contributed by atoms with Gasteiger partial charge in [0.05, 0.1) is 12.9 Å². The second kappa shape index (κ2) is 5.59. The summed E-state index contributed by atoms with van der Waals surface area (Å²) in [5.41, 5.74) is 17.3. The summed E-state index contributed by atoms with van der Waals surface area (Å²) >= 11 is 0. The van der Waals surface area contributed by atoms with Crippen LogP contribution in [0.1, 0.15) is 16.7 Å². The van der Waals surface area contributed by atoms with Crippen LogP contribution in [0, 0.1) is 13.8 Å². The van der Waals surface area contributed by atoms with E-state index in [4.69, 9.17) is 11.5 Å². The van der Waals surface area contributed by atoms with Gasteiger partial charge in [-0.2, -0.15) is 15.1 Å². The molecule has 0 fully saturated rings. The number of hydrogen-bond acceptors (Lipinski definition) is 6. The van der Waals surface area contributed by atoms with E-state index in [0.29, 0.717) is 23.5 Å². The molecule has 0 unspecified atom stereocenters. The third-order valence-electron chi connectivity index (χ3n) is 4.19. The Hall–Kier alpha value is -3.42. The van der Waals surface area contributed by atoms with Gasteiger partial charge in [0.25, 0.3) is 0 Å². The molecule has 126 valence electrons. The van der Waals surface area contributed by atoms with Gasteiger partial charge in [-0.15, -0.1) is 0 Å². The number of aromatic nitrogens is 6. The Balaban J connectivity index is 1.82. The van der Waals surface area contributed by atoms with Crippen molar-refractivity contribution in [2.24, 2.45) is 0 Å². The molecule has 25 heavy (non-hydrogen) atoms. The molecule has 0 bridgehead atoms. The standard InChI is InChI=1S/C17H18N8/c1-10-6-12(7-11(2)13(10)18)8-24-9-20-14-15(24)22-17(19)23-16(14)25-5-3-4-21-25/h3-7,9H,8,18H2,1-2H3,(H2,19,22,23). The molecular weight excluding hydrogens is 316 g/mol. The first kappa shape index (κ1) is 15.1. The van der Waals surface area contributed by atoms with Crippen LogP contribution in [0.25, 0.3) is 17.0 Å². The van der Waals surface area contributed by atoms with Gasteiger partial charge in [0.2, 0.25) is 5.95 Å². The summed E-state index contributed by atoms with van der Waals surface area (Å²) in [5.74, 6) is 0.750. The summed E-state index contributed by atoms with van der Waals surface area (Å²) in [6, 6.07) is 5.97. The monoisotopic (exact) mass is 334 g/mol. The number of nitrogens with zero attached hydrogens (tertiary/aromatic N) is 6. The lowest BCUT2D eigenvalue weighted by molar-refractivity contribution is 0.810. The van der Waals surface area contributed by atoms with Crippen molar-refractivity contribution in [1.29, 1.82) is 0 Å². The average Bonchev–Trinajstić information content (AvgIpc) is 3.22. The number of fused-ring (bicyclic) bond motifs is 1. The topological polar surface area (TPSA) is 113 Å². The van der Waals surface area contributed by atoms with Crippen LogP contribution < -0.4 is 11.5 Å². The van der Waals surface area contributed by atoms with Crippen molar-refractivity contribution >= 4 is 22.8 Å². The molecule has 0 aliphatic rings. The quantitative estimate of drug-likeness (QED) is 0.553. The van der Waals surface area contributed by atoms with E-state index in [2.05, 4.69) is 32.2 Å². The third kappa shape index (κ3) is 2.57. The van der Waals surface area contributed by atoms with Crippen LogP contribution in [-0.2, 0) is 6.54 Å². The summed E-state index contributed by atoms with van der Waals surface area (Å²) < 4.78 is 3.58. The van der Waals surface area contributed by atoms with Crippen LogP contribution in [0.3, 0.4) is 0 Å². The first-order chi connectivity index (χ1) is 12.0. The number of benzene rings is 1. The van der Waals surface area contributed by atoms with Gasteiger partial charge in [0, 0.05) is 18.1 Å². The zero-order valence-electron chi connectivity index (χ0n) is 14.0. The highest BCUT2D eigenvalue weighted by molar-refractivity contribution is 5.79. The van der Waals surface area contributed by atoms with Crippen molar-refractivity contribution in [2.45, 2.75) is 20.4 Å². The number of imidazole rings is 1. The Morgan fingerprint density at radius 3 is 2.52 bits per heavy atom. The molecule has 0 radical (unpaired) electrons. The molecule has 0 saturated heterocycles. The zero-order chi connectivity index (χ0) is 17.6. The lowest BCUT2D eigenvalue weighted by atomic mass is 10.0. The summed E-state index contributed by atoms with van der Waals surface area (Å²) in [7, 11) is 0. The number of hydrogen-bond donors (Lipinski definition) is 2. The average molecular weight is 334 g/mol. The lowest BCUT2D eigenvalue weighted by Crippen LogP contribution is -2.07. The van der Waals surface area contributed by atoms with Gasteiger partial charge in [-0.25, -0.2) is 9.67 Å². The number of anilines is 2. The van der Waals surface area contributed by atoms with E-state index in [1.165, 1.54) is 0 Å². The van der Waals surface area contributed by atoms with E-state index in [1.54, 1.807) is 23.4 Å². The summed E-state index contributed by atoms with van der Waals surface area (Å²) in [6.07, 6.45) is 5.22. The largest absolute Gasteiger partial charge is 0.398 e. The van der Waals surface area contributed by atoms with Crippen LogP contribution >= 0.6 is 0 Å². The molecule has 4 rings (SSSR count). The minimum atomic E-state index is 0.185. The molecule has 8 heteroatoms. The van der Waals surface area contributed by atoms with E-state index in [9.17, 15) is 0 Å². The van der Waals surface area contributed by atoms with E-state index in [0.717, 1.165) is 22.4 Å². The van der Waals surface area contributed by atoms with Crippen LogP contribution in [0.4, 0.5) is 11.6 Å². The van der Waals surface area contributed by atoms with Crippen molar-refractivity contribution in [3.63, 3.8) is 0 Å². The summed E-state index contributed by atoms with van der Waals surface area (Å²) in [5, 5.41) is 4.21. The van der Waals surface area contributed by atoms with Gasteiger partial charge < -0.3 is 16.0 Å². The molecule has 3 aromatic heterocycles. The molecule has 4 N–H and O–H groups in total. The fourth-order valence-electron chi connectivity index (χ4n) is 2.97. The maximum absolute atomic E-state index is 6.04. The molecule has 0 saturated carbocycles. The minimum absolute atomic E-state index is 0.185. The van der Waals surface area contributed by atoms with Crippen molar-refractivity contribution < 1.29 is 0 Å². The normalized spacial score (nSPS) is 11.3. The summed E-state index contributed by atoms with van der Waals surface area (Å²) in [4.78, 5) is 13.1. The number of aryl methyl sites for hydroxylation is 2. The Morgan fingerprint density at radius 1 is 1.08 bits per heavy atom. The Morgan fingerprint density at radius 2 is 1.84 bits per heavy atom. The second-order valence-corrected chi connectivity index (χ2v) is 6.04. The number of nitrogen functional groups attached to an aromatic ring is 2. The SMILES string of the molecule is Cc1cc(Cn2cnc3c(-n4cccn4)nc(N)nc32)cc(C)c1N. The Kier molecular flexibility index (Phi) is 3.38. The second-order valence-electron chi connectivity index (χ2n) is 6.04. The highest BCUT2D eigenvalue weighted by Gasteiger charge is 2.14. The van der Waals surface area contributed by atoms with Crippen molar-refractivity contribution in [3.05, 3.63) is 53.6 Å². The lowest BCUT2D eigenvalue weighted by Gasteiger charge is -2.10. The molecule has 4 aromatic rings. The fourth-order valence-corrected chi connectivity index (χ4v) is 2.97. The number of rotatable bonds is 3. The van der Waals surface area contributed by atoms with Crippen LogP contribution in [-0.4, -0.2) is 29.3 Å². The van der Waals surface area contributed by atoms with Crippen molar-refractivity contribution in [1.82, 2.24) is 29.3 Å². The van der Waals surface area contributed by atoms with Crippen molar-refractivity contribution in [2.75, 3.05) is 11.5 Å². The fraction of sp³-hybridized carbons (Fsp3) is 0.176. The predicted molar refractivity (Wildman–Crippen MR) is 96.3 cm³/mol. The molecule has 0 spiro atoms. The Bertz CT molecular complexity index is 1040. The molecule has 0 aliphatic heterocycles. The molecule has 0 atom stereocenters. The molecule has 8 nitrogen and oxygen atoms in total. The van der Waals surface area contributed by atoms with Gasteiger partial charge in [-0.05, 0) is 36.6 Å². The minimum Gasteiger partial charge on any atom is -0.398 e. The van der Waals surface area contributed by atoms with E-state index >= 15 is 0 Å². The first-order valence-corrected chi connectivity index (χ1v) is 7.87. The van der Waals surface area contributed by atoms with Crippen LogP contribution in [0.15, 0.2) is 36.9 Å². The zero-order valence-corrected chi connectivity index (χ0v) is 14.0. The third-order valence-corrected chi connectivity index (χ3v) is 4.19. The molecule has 0 aliphatic carbocycles. The van der Waals surface area contributed by atoms with Crippen LogP contribution in [0.5, 0.6) is 0 Å². The predicted octanol–water partition coefficient (Wildman–Crippen LogP) is 1.84. The maximum Gasteiger partial charge on any atom is 0.224 e. The van der Waals surface area contributed by atoms with Crippen LogP contribution in [0.2, 0.25) is 0 Å². The smallest absolute Gasteiger partial charge is 0.224 e. The molecule has 3 heterocycles. The molecule has 0 amide bonds. The molecule has 1 aromatic carbocycles. The van der Waals surface area contributed by atoms with Gasteiger partial charge in [0.1, 0.15) is 0 Å². The van der Waals surface area contributed by atoms with Gasteiger partial charge in [0.15, 0.2) is 17.0 Å². The van der Waals surface area contributed by atoms with Gasteiger partial charge in [-0.1, -0.05) is 12.1 Å². The van der Waals surface area contributed by atoms with E-state index < -0.39 is 0 Å². The highest BCUT2D eigenvalue weighted by Crippen LogP contribution is 2.22. The molecular formula is C17H18N8. The highest BCUT2D eigenvalue weighted by atomic mass is 15.3. The van der Waals surface area contributed by atoms with E-state index in [-0.39, 0.29) is 5.95 Å². The van der Waals surface area contributed by atoms with Crippen molar-refractivity contribution in [3.8, 4) is 5.82 Å². The van der Waals surface area contributed by atoms with E-state index in [1.807, 2.05) is 24.5 Å². The first-order valence-electron chi connectivity index (χ1n) is 7.87. The summed E-state index contributed by atoms with van der Waals surface area (Å²) in [6.45, 7) is 4.63. The van der Waals surface area contributed by atoms with Gasteiger partial charge in [-0.3, -0.25) is 0 Å².